The maximum absolute atomic E-state index is 14.4. The summed E-state index contributed by atoms with van der Waals surface area (Å²) < 4.78 is -0.482. The van der Waals surface area contributed by atoms with Crippen LogP contribution in [0.1, 0.15) is 69.7 Å². The van der Waals surface area contributed by atoms with Gasteiger partial charge in [-0.3, -0.25) is 28.8 Å². The summed E-state index contributed by atoms with van der Waals surface area (Å²) in [5.74, 6) is -5.14. The summed E-state index contributed by atoms with van der Waals surface area (Å²) in [7, 11) is 0. The molecule has 19 nitrogen and oxygen atoms in total. The number of allylic oxidation sites excluding steroid dienone is 2. The highest BCUT2D eigenvalue weighted by atomic mass is 127. The fourth-order valence-corrected chi connectivity index (χ4v) is 8.29. The largest absolute Gasteiger partial charge is 0.480 e. The van der Waals surface area contributed by atoms with Crippen molar-refractivity contribution >= 4 is 81.0 Å². The first-order chi connectivity index (χ1) is 31.7. The topological polar surface area (TPSA) is 302 Å². The van der Waals surface area contributed by atoms with Crippen molar-refractivity contribution < 1.29 is 38.7 Å². The number of benzene rings is 2. The number of aliphatic carboxylic acids is 1. The van der Waals surface area contributed by atoms with Crippen molar-refractivity contribution in [3.8, 4) is 0 Å². The molecule has 1 saturated heterocycles. The third-order valence-corrected chi connectivity index (χ3v) is 12.3. The average Bonchev–Trinajstić information content (AvgIpc) is 3.98. The maximum atomic E-state index is 14.4. The van der Waals surface area contributed by atoms with E-state index in [-0.39, 0.29) is 43.6 Å². The van der Waals surface area contributed by atoms with Crippen LogP contribution in [0.2, 0.25) is 0 Å². The Labute approximate surface area is 396 Å². The molecule has 7 unspecified atom stereocenters. The molecular formula is C46H60IN11O8. The average molecular weight is 1020 g/mol. The van der Waals surface area contributed by atoms with Crippen LogP contribution in [0.25, 0.3) is 10.8 Å². The second kappa shape index (κ2) is 25.1. The highest BCUT2D eigenvalue weighted by molar-refractivity contribution is 14.1. The molecule has 5 rings (SSSR count). The van der Waals surface area contributed by atoms with Crippen LogP contribution in [-0.4, -0.2) is 116 Å². The number of nitrogens with zero attached hydrogens (tertiary/aromatic N) is 1. The zero-order chi connectivity index (χ0) is 47.8. The summed E-state index contributed by atoms with van der Waals surface area (Å²) in [6.07, 6.45) is 13.1. The molecule has 354 valence electrons. The van der Waals surface area contributed by atoms with Gasteiger partial charge in [0.05, 0.1) is 10.3 Å². The number of carboxylic acid groups (broad SMARTS) is 1. The third-order valence-electron chi connectivity index (χ3n) is 11.7. The number of nitrogens with one attached hydrogen (secondary N) is 9. The van der Waals surface area contributed by atoms with Gasteiger partial charge in [0.2, 0.25) is 35.4 Å². The zero-order valence-electron chi connectivity index (χ0n) is 36.9. The molecular weight excluding hydrogens is 961 g/mol. The van der Waals surface area contributed by atoms with Gasteiger partial charge in [0.1, 0.15) is 30.2 Å². The Morgan fingerprint density at radius 2 is 1.61 bits per heavy atom. The van der Waals surface area contributed by atoms with E-state index in [9.17, 15) is 38.7 Å². The van der Waals surface area contributed by atoms with E-state index in [0.29, 0.717) is 43.6 Å². The molecule has 1 aliphatic heterocycles. The minimum absolute atomic E-state index is 0.0272. The Morgan fingerprint density at radius 1 is 0.879 bits per heavy atom. The molecule has 6 amide bonds. The number of carboxylic acids is 1. The number of carbonyl (C=O) groups excluding carboxylic acids is 6. The van der Waals surface area contributed by atoms with E-state index in [2.05, 4.69) is 53.3 Å². The molecule has 1 fully saturated rings. The number of alkyl halides is 1. The Kier molecular flexibility index (Phi) is 19.4. The van der Waals surface area contributed by atoms with Crippen molar-refractivity contribution in [1.82, 2.24) is 47.2 Å². The van der Waals surface area contributed by atoms with Crippen LogP contribution in [-0.2, 0) is 40.0 Å². The Bertz CT molecular complexity index is 2250. The molecule has 0 radical (unpaired) electrons. The van der Waals surface area contributed by atoms with Gasteiger partial charge in [-0.2, -0.15) is 0 Å². The van der Waals surface area contributed by atoms with E-state index in [4.69, 9.17) is 11.1 Å². The van der Waals surface area contributed by atoms with Gasteiger partial charge in [-0.15, -0.1) is 0 Å². The molecule has 66 heavy (non-hydrogen) atoms. The smallest absolute Gasteiger partial charge is 0.326 e. The number of carbonyl (C=O) groups is 7. The number of halogens is 1. The van der Waals surface area contributed by atoms with Crippen LogP contribution in [0.5, 0.6) is 0 Å². The summed E-state index contributed by atoms with van der Waals surface area (Å²) in [6, 6.07) is 5.50. The molecule has 3 aromatic rings. The number of unbranched alkanes of at least 4 members (excludes halogenated alkanes) is 1. The number of H-pyrrole nitrogens is 1. The van der Waals surface area contributed by atoms with Crippen molar-refractivity contribution in [3.63, 3.8) is 0 Å². The lowest BCUT2D eigenvalue weighted by atomic mass is 9.83. The zero-order valence-corrected chi connectivity index (χ0v) is 39.1. The Hall–Kier alpha value is -6.00. The normalized spacial score (nSPS) is 19.4. The number of amides is 6. The van der Waals surface area contributed by atoms with Gasteiger partial charge in [-0.05, 0) is 80.4 Å². The fraction of sp³-hybridized carbons (Fsp3) is 0.457. The minimum Gasteiger partial charge on any atom is -0.480 e. The fourth-order valence-electron chi connectivity index (χ4n) is 8.11. The highest BCUT2D eigenvalue weighted by Gasteiger charge is 2.37. The van der Waals surface area contributed by atoms with Gasteiger partial charge in [0.15, 0.2) is 0 Å². The first-order valence-corrected chi connectivity index (χ1v) is 23.4. The quantitative estimate of drug-likeness (QED) is 0.0251. The monoisotopic (exact) mass is 1020 g/mol. The van der Waals surface area contributed by atoms with Crippen molar-refractivity contribution in [3.05, 3.63) is 90.6 Å². The third kappa shape index (κ3) is 14.5. The Balaban J connectivity index is 1.35. The Morgan fingerprint density at radius 3 is 2.29 bits per heavy atom. The van der Waals surface area contributed by atoms with Gasteiger partial charge >= 0.3 is 5.97 Å². The number of rotatable bonds is 25. The molecule has 0 bridgehead atoms. The second-order valence-corrected chi connectivity index (χ2v) is 18.4. The van der Waals surface area contributed by atoms with Crippen LogP contribution in [0.3, 0.4) is 0 Å². The standard InChI is InChI=1S/C46H60IN11O8/c1-3-34(42(61)55-36(46(65)66)14-8-9-17-48)54-39(59)21-31(19-30-23-51-35-13-7-6-12-33(30)35)53-44(63)38(22-49)57-45(64)40(29-16-15-27-10-4-5-11-28(27)18-29)58-43(62)37(56-41(60)26(2)47)20-32-24-50-25-52-32/h4-7,10-13,15-16,18,22,24-26,30-31,33-38,40,49,51H,3,8-9,14,17,19-21,23,48H2,1-2H3,(H,50,52)(H,53,63)(H,54,59)(H,55,61)(H,56,60)(H,57,64)(H,58,62)(H,65,66)/t26?,30-,31+,33?,34?,35?,36+,37?,38?,40?/m1/s1. The number of hydrogen-bond acceptors (Lipinski definition) is 11. The van der Waals surface area contributed by atoms with E-state index in [0.717, 1.165) is 17.0 Å². The molecule has 1 aliphatic carbocycles. The van der Waals surface area contributed by atoms with E-state index >= 15 is 0 Å². The van der Waals surface area contributed by atoms with Crippen LogP contribution < -0.4 is 43.0 Å². The van der Waals surface area contributed by atoms with Crippen molar-refractivity contribution in [2.24, 2.45) is 17.6 Å². The minimum atomic E-state index is -1.56. The lowest BCUT2D eigenvalue weighted by molar-refractivity contribution is -0.142. The SMILES string of the molecule is CCC(NC(=O)C[C@H](C[C@@H]1CNC2C=CC=CC21)NC(=O)C(C=N)NC(=O)C(NC(=O)C(Cc1cnc[nH]1)NC(=O)C(C)I)c1ccc2ccccc2c1)C(=O)N[C@@H](CCCCN)C(=O)O. The number of aromatic nitrogens is 2. The molecule has 1 aromatic heterocycles. The summed E-state index contributed by atoms with van der Waals surface area (Å²) in [6.45, 7) is 4.30. The predicted molar refractivity (Wildman–Crippen MR) is 256 cm³/mol. The summed E-state index contributed by atoms with van der Waals surface area (Å²) in [4.78, 5) is 101. The molecule has 0 saturated carbocycles. The van der Waals surface area contributed by atoms with Crippen molar-refractivity contribution in [2.45, 2.75) is 105 Å². The van der Waals surface area contributed by atoms with E-state index in [1.165, 1.54) is 12.5 Å². The van der Waals surface area contributed by atoms with Gasteiger partial charge in [0, 0.05) is 48.9 Å². The van der Waals surface area contributed by atoms with Gasteiger partial charge in [-0.25, -0.2) is 9.78 Å². The lowest BCUT2D eigenvalue weighted by Crippen LogP contribution is -2.56. The van der Waals surface area contributed by atoms with Gasteiger partial charge < -0.3 is 58.5 Å². The van der Waals surface area contributed by atoms with Crippen LogP contribution >= 0.6 is 22.6 Å². The van der Waals surface area contributed by atoms with E-state index < -0.39 is 81.6 Å². The number of nitrogens with two attached hydrogens (primary N) is 1. The van der Waals surface area contributed by atoms with Gasteiger partial charge in [0.25, 0.3) is 0 Å². The summed E-state index contributed by atoms with van der Waals surface area (Å²) in [5.41, 5.74) is 6.47. The lowest BCUT2D eigenvalue weighted by Gasteiger charge is -2.28. The molecule has 10 atom stereocenters. The van der Waals surface area contributed by atoms with Crippen molar-refractivity contribution in [1.29, 1.82) is 5.41 Å². The molecule has 0 spiro atoms. The molecule has 12 N–H and O–H groups in total. The van der Waals surface area contributed by atoms with Crippen LogP contribution in [0.15, 0.2) is 79.3 Å². The van der Waals surface area contributed by atoms with Crippen LogP contribution in [0.4, 0.5) is 0 Å². The summed E-state index contributed by atoms with van der Waals surface area (Å²) in [5, 5.41) is 39.3. The first-order valence-electron chi connectivity index (χ1n) is 22.1. The molecule has 2 heterocycles. The number of aromatic amines is 1. The van der Waals surface area contributed by atoms with E-state index in [1.807, 2.05) is 65.1 Å². The van der Waals surface area contributed by atoms with Gasteiger partial charge in [-0.1, -0.05) is 90.2 Å². The predicted octanol–water partition coefficient (Wildman–Crippen LogP) is 1.59. The number of imidazole rings is 1. The van der Waals surface area contributed by atoms with E-state index in [1.54, 1.807) is 32.0 Å². The second-order valence-electron chi connectivity index (χ2n) is 16.6. The summed E-state index contributed by atoms with van der Waals surface area (Å²) >= 11 is 1.93. The van der Waals surface area contributed by atoms with Crippen LogP contribution in [0, 0.1) is 17.2 Å². The molecule has 2 aliphatic rings. The first kappa shape index (κ1) is 51.0. The molecule has 2 aromatic carbocycles. The maximum Gasteiger partial charge on any atom is 0.326 e. The van der Waals surface area contributed by atoms with Crippen molar-refractivity contribution in [2.75, 3.05) is 13.1 Å². The number of fused-ring (bicyclic) bond motifs is 2. The molecule has 20 heteroatoms. The highest BCUT2D eigenvalue weighted by Crippen LogP contribution is 2.31. The number of hydrogen-bond donors (Lipinski definition) is 11.